The van der Waals surface area contributed by atoms with Gasteiger partial charge in [-0.05, 0) is 12.1 Å². The minimum Gasteiger partial charge on any atom is -0.459 e. The van der Waals surface area contributed by atoms with Gasteiger partial charge in [-0.15, -0.1) is 0 Å². The standard InChI is InChI=1S/C13H13BrF2N2O4/c1-7(19)22-6-11(17-18-13(20)21-2)8-3-4-10(14)9(5-8)12(15)16/h3-5,12H,6H2,1-2H3,(H,18,20)/b17-11-. The molecule has 0 fully saturated rings. The Morgan fingerprint density at radius 2 is 2.09 bits per heavy atom. The number of hydrazone groups is 1. The smallest absolute Gasteiger partial charge is 0.427 e. The van der Waals surface area contributed by atoms with Crippen molar-refractivity contribution in [1.29, 1.82) is 0 Å². The molecule has 1 aromatic rings. The van der Waals surface area contributed by atoms with Gasteiger partial charge in [-0.2, -0.15) is 5.10 Å². The highest BCUT2D eigenvalue weighted by Crippen LogP contribution is 2.28. The summed E-state index contributed by atoms with van der Waals surface area (Å²) in [5.41, 5.74) is 2.18. The van der Waals surface area contributed by atoms with Crippen molar-refractivity contribution < 1.29 is 27.8 Å². The van der Waals surface area contributed by atoms with Gasteiger partial charge in [0, 0.05) is 22.5 Å². The maximum atomic E-state index is 12.9. The molecule has 9 heteroatoms. The van der Waals surface area contributed by atoms with Crippen molar-refractivity contribution in [2.75, 3.05) is 13.7 Å². The average Bonchev–Trinajstić information content (AvgIpc) is 2.47. The van der Waals surface area contributed by atoms with E-state index in [0.29, 0.717) is 0 Å². The molecule has 0 atom stereocenters. The third-order valence-corrected chi connectivity index (χ3v) is 3.17. The van der Waals surface area contributed by atoms with Gasteiger partial charge in [0.25, 0.3) is 6.43 Å². The van der Waals surface area contributed by atoms with Gasteiger partial charge >= 0.3 is 12.1 Å². The lowest BCUT2D eigenvalue weighted by Crippen LogP contribution is -2.22. The summed E-state index contributed by atoms with van der Waals surface area (Å²) in [4.78, 5) is 21.9. The molecule has 0 heterocycles. The number of methoxy groups -OCH3 is 1. The largest absolute Gasteiger partial charge is 0.459 e. The Bertz CT molecular complexity index is 593. The van der Waals surface area contributed by atoms with Crippen LogP contribution >= 0.6 is 15.9 Å². The summed E-state index contributed by atoms with van der Waals surface area (Å²) < 4.78 is 35.2. The number of hydrogen-bond acceptors (Lipinski definition) is 5. The maximum absolute atomic E-state index is 12.9. The quantitative estimate of drug-likeness (QED) is 0.485. The molecule has 1 N–H and O–H groups in total. The van der Waals surface area contributed by atoms with Gasteiger partial charge < -0.3 is 9.47 Å². The lowest BCUT2D eigenvalue weighted by Gasteiger charge is -2.10. The first-order valence-corrected chi connectivity index (χ1v) is 6.76. The van der Waals surface area contributed by atoms with Crippen molar-refractivity contribution >= 4 is 33.7 Å². The number of carbonyl (C=O) groups is 2. The lowest BCUT2D eigenvalue weighted by atomic mass is 10.1. The maximum Gasteiger partial charge on any atom is 0.427 e. The lowest BCUT2D eigenvalue weighted by molar-refractivity contribution is -0.139. The Balaban J connectivity index is 3.11. The zero-order chi connectivity index (χ0) is 16.7. The highest BCUT2D eigenvalue weighted by Gasteiger charge is 2.15. The molecule has 1 aromatic carbocycles. The molecule has 0 saturated carbocycles. The molecule has 22 heavy (non-hydrogen) atoms. The zero-order valence-electron chi connectivity index (χ0n) is 11.7. The molecule has 0 unspecified atom stereocenters. The number of hydrogen-bond donors (Lipinski definition) is 1. The van der Waals surface area contributed by atoms with Crippen LogP contribution in [0.15, 0.2) is 27.8 Å². The van der Waals surface area contributed by atoms with Crippen molar-refractivity contribution in [1.82, 2.24) is 5.43 Å². The molecule has 0 aliphatic carbocycles. The Kier molecular flexibility index (Phi) is 6.90. The van der Waals surface area contributed by atoms with Gasteiger partial charge in [0.1, 0.15) is 12.3 Å². The van der Waals surface area contributed by atoms with Crippen LogP contribution in [0.4, 0.5) is 13.6 Å². The molecular formula is C13H13BrF2N2O4. The van der Waals surface area contributed by atoms with Crippen LogP contribution in [0.3, 0.4) is 0 Å². The van der Waals surface area contributed by atoms with Crippen LogP contribution in [0.2, 0.25) is 0 Å². The van der Waals surface area contributed by atoms with E-state index in [-0.39, 0.29) is 27.9 Å². The molecule has 0 bridgehead atoms. The number of amides is 1. The number of rotatable bonds is 5. The number of benzene rings is 1. The molecule has 0 saturated heterocycles. The van der Waals surface area contributed by atoms with Crippen molar-refractivity contribution in [2.45, 2.75) is 13.3 Å². The molecule has 6 nitrogen and oxygen atoms in total. The van der Waals surface area contributed by atoms with Crippen LogP contribution in [0.25, 0.3) is 0 Å². The van der Waals surface area contributed by atoms with E-state index >= 15 is 0 Å². The highest BCUT2D eigenvalue weighted by molar-refractivity contribution is 9.10. The third-order valence-electron chi connectivity index (χ3n) is 2.44. The van der Waals surface area contributed by atoms with Crippen LogP contribution in [-0.4, -0.2) is 31.5 Å². The predicted molar refractivity (Wildman–Crippen MR) is 77.8 cm³/mol. The molecule has 120 valence electrons. The summed E-state index contributed by atoms with van der Waals surface area (Å²) in [6.45, 7) is 0.904. The fourth-order valence-corrected chi connectivity index (χ4v) is 1.82. The number of nitrogens with one attached hydrogen (secondary N) is 1. The topological polar surface area (TPSA) is 77.0 Å². The number of carbonyl (C=O) groups excluding carboxylic acids is 2. The predicted octanol–water partition coefficient (Wildman–Crippen LogP) is 3.01. The molecule has 0 radical (unpaired) electrons. The van der Waals surface area contributed by atoms with Gasteiger partial charge in [0.2, 0.25) is 0 Å². The molecule has 0 aliphatic heterocycles. The van der Waals surface area contributed by atoms with Gasteiger partial charge in [-0.25, -0.2) is 19.0 Å². The zero-order valence-corrected chi connectivity index (χ0v) is 13.3. The van der Waals surface area contributed by atoms with Crippen molar-refractivity contribution in [3.63, 3.8) is 0 Å². The normalized spacial score (nSPS) is 11.3. The summed E-state index contributed by atoms with van der Waals surface area (Å²) in [6.07, 6.45) is -3.54. The summed E-state index contributed by atoms with van der Waals surface area (Å²) >= 11 is 3.02. The summed E-state index contributed by atoms with van der Waals surface area (Å²) in [7, 11) is 1.14. The second kappa shape index (κ2) is 8.42. The summed E-state index contributed by atoms with van der Waals surface area (Å²) in [5.74, 6) is -0.572. The number of alkyl halides is 2. The van der Waals surface area contributed by atoms with E-state index in [0.717, 1.165) is 7.11 Å². The third kappa shape index (κ3) is 5.40. The highest BCUT2D eigenvalue weighted by atomic mass is 79.9. The van der Waals surface area contributed by atoms with Gasteiger partial charge in [0.05, 0.1) is 7.11 Å². The van der Waals surface area contributed by atoms with Crippen LogP contribution in [0.5, 0.6) is 0 Å². The van der Waals surface area contributed by atoms with Crippen LogP contribution in [0.1, 0.15) is 24.5 Å². The van der Waals surface area contributed by atoms with Gasteiger partial charge in [0.15, 0.2) is 0 Å². The second-order valence-corrected chi connectivity index (χ2v) is 4.83. The monoisotopic (exact) mass is 378 g/mol. The van der Waals surface area contributed by atoms with Crippen molar-refractivity contribution in [3.05, 3.63) is 33.8 Å². The van der Waals surface area contributed by atoms with Crippen LogP contribution < -0.4 is 5.43 Å². The van der Waals surface area contributed by atoms with E-state index < -0.39 is 18.5 Å². The first kappa shape index (κ1) is 18.0. The Hall–Kier alpha value is -2.03. The minimum absolute atomic E-state index is 0.0926. The summed E-state index contributed by atoms with van der Waals surface area (Å²) in [6, 6.07) is 4.10. The molecular weight excluding hydrogens is 366 g/mol. The van der Waals surface area contributed by atoms with E-state index in [1.54, 1.807) is 0 Å². The molecule has 1 rings (SSSR count). The van der Waals surface area contributed by atoms with Gasteiger partial charge in [-0.3, -0.25) is 4.79 Å². The van der Waals surface area contributed by atoms with E-state index in [1.165, 1.54) is 25.1 Å². The van der Waals surface area contributed by atoms with E-state index in [4.69, 9.17) is 4.74 Å². The van der Waals surface area contributed by atoms with Crippen LogP contribution in [-0.2, 0) is 14.3 Å². The number of halogens is 3. The van der Waals surface area contributed by atoms with Crippen molar-refractivity contribution in [2.24, 2.45) is 5.10 Å². The summed E-state index contributed by atoms with van der Waals surface area (Å²) in [5, 5.41) is 3.72. The Labute approximate surface area is 133 Å². The van der Waals surface area contributed by atoms with E-state index in [9.17, 15) is 18.4 Å². The molecule has 0 spiro atoms. The Morgan fingerprint density at radius 1 is 1.41 bits per heavy atom. The number of esters is 1. The van der Waals surface area contributed by atoms with Crippen molar-refractivity contribution in [3.8, 4) is 0 Å². The molecule has 0 aliphatic rings. The average molecular weight is 379 g/mol. The fraction of sp³-hybridized carbons (Fsp3) is 0.308. The van der Waals surface area contributed by atoms with Gasteiger partial charge in [-0.1, -0.05) is 22.0 Å². The van der Waals surface area contributed by atoms with Crippen LogP contribution in [0, 0.1) is 0 Å². The molecule has 0 aromatic heterocycles. The molecule has 1 amide bonds. The van der Waals surface area contributed by atoms with E-state index in [2.05, 4.69) is 31.2 Å². The first-order valence-electron chi connectivity index (χ1n) is 5.97. The number of nitrogens with zero attached hydrogens (tertiary/aromatic N) is 1. The SMILES string of the molecule is COC(=O)N/N=C(/COC(C)=O)c1ccc(Br)c(C(F)F)c1. The van der Waals surface area contributed by atoms with E-state index in [1.807, 2.05) is 0 Å². The minimum atomic E-state index is -2.70. The number of ether oxygens (including phenoxy) is 2. The first-order chi connectivity index (χ1) is 10.3. The Morgan fingerprint density at radius 3 is 2.64 bits per heavy atom. The fourth-order valence-electron chi connectivity index (χ4n) is 1.40. The second-order valence-electron chi connectivity index (χ2n) is 3.98.